The van der Waals surface area contributed by atoms with Gasteiger partial charge >= 0.3 is 6.18 Å². The Kier molecular flexibility index (Phi) is 6.81. The minimum atomic E-state index is -4.30. The molecule has 0 amide bonds. The van der Waals surface area contributed by atoms with Crippen LogP contribution in [0.1, 0.15) is 33.6 Å². The van der Waals surface area contributed by atoms with Crippen molar-refractivity contribution >= 4 is 0 Å². The van der Waals surface area contributed by atoms with Crippen molar-refractivity contribution in [2.75, 3.05) is 14.1 Å². The van der Waals surface area contributed by atoms with Gasteiger partial charge in [0.1, 0.15) is 0 Å². The maximum absolute atomic E-state index is 12.9. The van der Waals surface area contributed by atoms with Crippen LogP contribution in [0.5, 0.6) is 0 Å². The molecule has 18 heavy (non-hydrogen) atoms. The molecule has 0 rings (SSSR count). The van der Waals surface area contributed by atoms with Crippen LogP contribution in [-0.4, -0.2) is 25.2 Å². The maximum Gasteiger partial charge on any atom is 0.416 e. The van der Waals surface area contributed by atoms with Crippen molar-refractivity contribution in [2.45, 2.75) is 39.8 Å². The Labute approximate surface area is 108 Å². The predicted octanol–water partition coefficient (Wildman–Crippen LogP) is 4.69. The van der Waals surface area contributed by atoms with E-state index in [0.717, 1.165) is 5.57 Å². The molecule has 0 aromatic rings. The van der Waals surface area contributed by atoms with Crippen molar-refractivity contribution in [1.29, 1.82) is 0 Å². The standard InChI is InChI=1S/C14H22F3N/c1-6-8-9-12(14(15,16)17)10-13(18(4)5)11(3)7-2/h7,9-10H,6,8H2,1-5H3. The molecule has 0 heterocycles. The summed E-state index contributed by atoms with van der Waals surface area (Å²) in [5, 5.41) is 0. The van der Waals surface area contributed by atoms with E-state index in [0.29, 0.717) is 18.5 Å². The van der Waals surface area contributed by atoms with Gasteiger partial charge in [-0.3, -0.25) is 0 Å². The predicted molar refractivity (Wildman–Crippen MR) is 70.2 cm³/mol. The maximum atomic E-state index is 12.9. The summed E-state index contributed by atoms with van der Waals surface area (Å²) in [5.74, 6) is 0. The fraction of sp³-hybridized carbons (Fsp3) is 0.571. The lowest BCUT2D eigenvalue weighted by Gasteiger charge is -2.19. The molecule has 0 N–H and O–H groups in total. The first-order valence-electron chi connectivity index (χ1n) is 6.03. The summed E-state index contributed by atoms with van der Waals surface area (Å²) >= 11 is 0. The lowest BCUT2D eigenvalue weighted by atomic mass is 10.1. The number of nitrogens with zero attached hydrogens (tertiary/aromatic N) is 1. The Morgan fingerprint density at radius 1 is 1.22 bits per heavy atom. The van der Waals surface area contributed by atoms with Gasteiger partial charge in [-0.15, -0.1) is 0 Å². The van der Waals surface area contributed by atoms with E-state index in [1.54, 1.807) is 32.0 Å². The third-order valence-corrected chi connectivity index (χ3v) is 2.59. The zero-order chi connectivity index (χ0) is 14.3. The lowest BCUT2D eigenvalue weighted by Crippen LogP contribution is -2.16. The van der Waals surface area contributed by atoms with Gasteiger partial charge < -0.3 is 4.90 Å². The third-order valence-electron chi connectivity index (χ3n) is 2.59. The van der Waals surface area contributed by atoms with E-state index in [1.807, 2.05) is 13.8 Å². The SMILES string of the molecule is CC=C(C)C(=CC(=CCCC)C(F)(F)F)N(C)C. The number of hydrogen-bond acceptors (Lipinski definition) is 1. The molecule has 0 unspecified atom stereocenters. The molecule has 104 valence electrons. The van der Waals surface area contributed by atoms with E-state index in [9.17, 15) is 13.2 Å². The highest BCUT2D eigenvalue weighted by Crippen LogP contribution is 2.29. The highest BCUT2D eigenvalue weighted by Gasteiger charge is 2.32. The van der Waals surface area contributed by atoms with Gasteiger partial charge in [0, 0.05) is 19.8 Å². The normalized spacial score (nSPS) is 15.0. The van der Waals surface area contributed by atoms with Crippen LogP contribution in [0.4, 0.5) is 13.2 Å². The first-order valence-corrected chi connectivity index (χ1v) is 6.03. The second-order valence-electron chi connectivity index (χ2n) is 4.34. The van der Waals surface area contributed by atoms with Gasteiger partial charge in [-0.1, -0.05) is 25.5 Å². The van der Waals surface area contributed by atoms with Crippen molar-refractivity contribution in [3.8, 4) is 0 Å². The minimum Gasteiger partial charge on any atom is -0.377 e. The molecule has 0 fully saturated rings. The number of unbranched alkanes of at least 4 members (excludes halogenated alkanes) is 1. The summed E-state index contributed by atoms with van der Waals surface area (Å²) in [4.78, 5) is 1.70. The fourth-order valence-electron chi connectivity index (χ4n) is 1.45. The van der Waals surface area contributed by atoms with Crippen LogP contribution in [0.15, 0.2) is 35.1 Å². The van der Waals surface area contributed by atoms with Crippen molar-refractivity contribution < 1.29 is 13.2 Å². The van der Waals surface area contributed by atoms with Crippen LogP contribution in [-0.2, 0) is 0 Å². The molecule has 0 saturated heterocycles. The van der Waals surface area contributed by atoms with Gasteiger partial charge in [0.2, 0.25) is 0 Å². The van der Waals surface area contributed by atoms with Crippen LogP contribution in [0.3, 0.4) is 0 Å². The van der Waals surface area contributed by atoms with E-state index in [2.05, 4.69) is 0 Å². The molecule has 0 aliphatic carbocycles. The zero-order valence-corrected chi connectivity index (χ0v) is 11.7. The molecule has 4 heteroatoms. The summed E-state index contributed by atoms with van der Waals surface area (Å²) < 4.78 is 38.7. The number of alkyl halides is 3. The highest BCUT2D eigenvalue weighted by atomic mass is 19.4. The van der Waals surface area contributed by atoms with E-state index < -0.39 is 11.7 Å². The second kappa shape index (κ2) is 7.29. The molecule has 0 aromatic carbocycles. The van der Waals surface area contributed by atoms with Crippen molar-refractivity contribution in [2.24, 2.45) is 0 Å². The van der Waals surface area contributed by atoms with E-state index >= 15 is 0 Å². The van der Waals surface area contributed by atoms with Crippen LogP contribution in [0, 0.1) is 0 Å². The van der Waals surface area contributed by atoms with Gasteiger partial charge in [-0.2, -0.15) is 13.2 Å². The summed E-state index contributed by atoms with van der Waals surface area (Å²) in [5.41, 5.74) is 0.832. The lowest BCUT2D eigenvalue weighted by molar-refractivity contribution is -0.0885. The molecule has 0 spiro atoms. The van der Waals surface area contributed by atoms with Crippen LogP contribution in [0.25, 0.3) is 0 Å². The Balaban J connectivity index is 5.49. The average Bonchev–Trinajstić information content (AvgIpc) is 2.26. The Morgan fingerprint density at radius 2 is 1.78 bits per heavy atom. The van der Waals surface area contributed by atoms with Crippen LogP contribution < -0.4 is 0 Å². The molecule has 0 saturated carbocycles. The van der Waals surface area contributed by atoms with E-state index in [-0.39, 0.29) is 0 Å². The molecule has 1 nitrogen and oxygen atoms in total. The first-order chi connectivity index (χ1) is 8.23. The number of likely N-dealkylation sites (N-methyl/N-ethyl adjacent to an activating group) is 1. The van der Waals surface area contributed by atoms with Crippen molar-refractivity contribution in [3.05, 3.63) is 35.1 Å². The van der Waals surface area contributed by atoms with Gasteiger partial charge in [0.05, 0.1) is 5.57 Å². The van der Waals surface area contributed by atoms with Crippen LogP contribution in [0.2, 0.25) is 0 Å². The van der Waals surface area contributed by atoms with Crippen LogP contribution >= 0.6 is 0 Å². The minimum absolute atomic E-state index is 0.431. The van der Waals surface area contributed by atoms with Gasteiger partial charge in [0.25, 0.3) is 0 Å². The number of rotatable bonds is 5. The zero-order valence-electron chi connectivity index (χ0n) is 11.7. The van der Waals surface area contributed by atoms with Gasteiger partial charge in [0.15, 0.2) is 0 Å². The molecular formula is C14H22F3N. The molecular weight excluding hydrogens is 239 g/mol. The van der Waals surface area contributed by atoms with Crippen molar-refractivity contribution in [3.63, 3.8) is 0 Å². The topological polar surface area (TPSA) is 3.24 Å². The largest absolute Gasteiger partial charge is 0.416 e. The molecule has 0 aliphatic heterocycles. The highest BCUT2D eigenvalue weighted by molar-refractivity contribution is 5.36. The number of allylic oxidation sites excluding steroid dienone is 5. The Hall–Kier alpha value is -1.19. The summed E-state index contributed by atoms with van der Waals surface area (Å²) in [7, 11) is 3.49. The fourth-order valence-corrected chi connectivity index (χ4v) is 1.45. The quantitative estimate of drug-likeness (QED) is 0.649. The first kappa shape index (κ1) is 16.8. The third kappa shape index (κ3) is 5.43. The Bertz CT molecular complexity index is 347. The monoisotopic (exact) mass is 261 g/mol. The number of halogens is 3. The van der Waals surface area contributed by atoms with E-state index in [1.165, 1.54) is 12.2 Å². The molecule has 0 atom stereocenters. The molecule has 0 aromatic heterocycles. The second-order valence-corrected chi connectivity index (χ2v) is 4.34. The van der Waals surface area contributed by atoms with Crippen molar-refractivity contribution in [1.82, 2.24) is 4.90 Å². The average molecular weight is 261 g/mol. The van der Waals surface area contributed by atoms with Gasteiger partial charge in [-0.05, 0) is 31.9 Å². The Morgan fingerprint density at radius 3 is 2.11 bits per heavy atom. The molecule has 0 bridgehead atoms. The molecule has 0 aliphatic rings. The summed E-state index contributed by atoms with van der Waals surface area (Å²) in [6, 6.07) is 0. The smallest absolute Gasteiger partial charge is 0.377 e. The van der Waals surface area contributed by atoms with E-state index in [4.69, 9.17) is 0 Å². The summed E-state index contributed by atoms with van der Waals surface area (Å²) in [6.45, 7) is 5.48. The number of hydrogen-bond donors (Lipinski definition) is 0. The van der Waals surface area contributed by atoms with Gasteiger partial charge in [-0.25, -0.2) is 0 Å². The molecule has 0 radical (unpaired) electrons. The summed E-state index contributed by atoms with van der Waals surface area (Å²) in [6.07, 6.45) is 1.11.